The summed E-state index contributed by atoms with van der Waals surface area (Å²) in [7, 11) is 1.38. The zero-order valence-corrected chi connectivity index (χ0v) is 18.4. The zero-order chi connectivity index (χ0) is 23.2. The molecule has 1 aliphatic rings. The number of epoxide rings is 1. The van der Waals surface area contributed by atoms with E-state index in [0.29, 0.717) is 18.8 Å². The zero-order valence-electron chi connectivity index (χ0n) is 18.4. The Morgan fingerprint density at radius 3 is 2.42 bits per heavy atom. The number of nitrogens with zero attached hydrogens (tertiary/aromatic N) is 1. The van der Waals surface area contributed by atoms with Crippen LogP contribution in [0.2, 0.25) is 0 Å². The first-order valence-electron chi connectivity index (χ1n) is 10.0. The highest BCUT2D eigenvalue weighted by molar-refractivity contribution is 5.98. The number of aryl methyl sites for hydroxylation is 1. The number of ether oxygens (including phenoxy) is 2. The number of methoxy groups -OCH3 is 1. The number of carbonyl (C=O) groups excluding carboxylic acids is 4. The summed E-state index contributed by atoms with van der Waals surface area (Å²) in [6.07, 6.45) is 0.455. The average Bonchev–Trinajstić information content (AvgIpc) is 3.30. The van der Waals surface area contributed by atoms with Gasteiger partial charge >= 0.3 is 0 Å². The van der Waals surface area contributed by atoms with E-state index < -0.39 is 35.4 Å². The maximum Gasteiger partial charge on any atom is 0.274 e. The van der Waals surface area contributed by atoms with Crippen molar-refractivity contribution < 1.29 is 33.2 Å². The van der Waals surface area contributed by atoms with E-state index >= 15 is 0 Å². The highest BCUT2D eigenvalue weighted by atomic mass is 16.6. The van der Waals surface area contributed by atoms with Crippen LogP contribution in [0, 0.1) is 12.8 Å². The summed E-state index contributed by atoms with van der Waals surface area (Å²) < 4.78 is 15.0. The predicted octanol–water partition coefficient (Wildman–Crippen LogP) is -0.267. The van der Waals surface area contributed by atoms with E-state index in [4.69, 9.17) is 14.0 Å². The van der Waals surface area contributed by atoms with Gasteiger partial charge in [-0.05, 0) is 26.2 Å². The number of nitrogens with one attached hydrogen (secondary N) is 3. The minimum absolute atomic E-state index is 0.0231. The number of ketones is 1. The fourth-order valence-corrected chi connectivity index (χ4v) is 2.91. The highest BCUT2D eigenvalue weighted by Crippen LogP contribution is 2.29. The SMILES string of the molecule is COC[C@H](NC(=O)c1cc(C)on1)C(=O)NCC(=O)NC(CC(C)C)C(=O)[C@@]1(C)CO1. The summed E-state index contributed by atoms with van der Waals surface area (Å²) in [4.78, 5) is 49.6. The molecule has 1 aromatic rings. The summed E-state index contributed by atoms with van der Waals surface area (Å²) in [5.41, 5.74) is -0.835. The third kappa shape index (κ3) is 7.14. The monoisotopic (exact) mass is 438 g/mol. The quantitative estimate of drug-likeness (QED) is 0.377. The number of Topliss-reactive ketones (excluding diaryl/α,β-unsaturated/α-hetero) is 1. The summed E-state index contributed by atoms with van der Waals surface area (Å²) >= 11 is 0. The first-order chi connectivity index (χ1) is 14.6. The minimum Gasteiger partial charge on any atom is -0.382 e. The fraction of sp³-hybridized carbons (Fsp3) is 0.650. The van der Waals surface area contributed by atoms with Crippen molar-refractivity contribution in [3.63, 3.8) is 0 Å². The summed E-state index contributed by atoms with van der Waals surface area (Å²) in [6.45, 7) is 7.06. The van der Waals surface area contributed by atoms with Crippen molar-refractivity contribution >= 4 is 23.5 Å². The van der Waals surface area contributed by atoms with Crippen molar-refractivity contribution in [3.05, 3.63) is 17.5 Å². The first kappa shape index (κ1) is 24.5. The molecule has 1 aromatic heterocycles. The van der Waals surface area contributed by atoms with Gasteiger partial charge in [-0.2, -0.15) is 0 Å². The first-order valence-corrected chi connectivity index (χ1v) is 10.0. The molecule has 1 aliphatic heterocycles. The second-order valence-electron chi connectivity index (χ2n) is 8.16. The molecule has 2 heterocycles. The molecule has 3 amide bonds. The Kier molecular flexibility index (Phi) is 8.28. The van der Waals surface area contributed by atoms with E-state index in [9.17, 15) is 19.2 Å². The Morgan fingerprint density at radius 1 is 1.23 bits per heavy atom. The topological polar surface area (TPSA) is 152 Å². The van der Waals surface area contributed by atoms with Crippen LogP contribution in [0.25, 0.3) is 0 Å². The molecule has 31 heavy (non-hydrogen) atoms. The summed E-state index contributed by atoms with van der Waals surface area (Å²) in [6, 6.07) is -0.323. The van der Waals surface area contributed by atoms with Crippen molar-refractivity contribution in [2.24, 2.45) is 5.92 Å². The average molecular weight is 438 g/mol. The highest BCUT2D eigenvalue weighted by Gasteiger charge is 2.50. The van der Waals surface area contributed by atoms with Gasteiger partial charge in [-0.3, -0.25) is 19.2 Å². The molecular formula is C20H30N4O7. The molecule has 172 valence electrons. The van der Waals surface area contributed by atoms with E-state index in [-0.39, 0.29) is 30.5 Å². The molecule has 0 radical (unpaired) electrons. The largest absolute Gasteiger partial charge is 0.382 e. The lowest BCUT2D eigenvalue weighted by Crippen LogP contribution is -2.53. The molecule has 3 N–H and O–H groups in total. The third-order valence-electron chi connectivity index (χ3n) is 4.70. The van der Waals surface area contributed by atoms with E-state index in [2.05, 4.69) is 21.1 Å². The molecule has 1 unspecified atom stereocenters. The lowest BCUT2D eigenvalue weighted by Gasteiger charge is -2.22. The van der Waals surface area contributed by atoms with E-state index in [1.807, 2.05) is 13.8 Å². The van der Waals surface area contributed by atoms with Gasteiger partial charge < -0.3 is 29.9 Å². The number of rotatable bonds is 12. The van der Waals surface area contributed by atoms with Crippen LogP contribution >= 0.6 is 0 Å². The van der Waals surface area contributed by atoms with Gasteiger partial charge in [0, 0.05) is 13.2 Å². The molecule has 1 saturated heterocycles. The lowest BCUT2D eigenvalue weighted by molar-refractivity contribution is -0.131. The van der Waals surface area contributed by atoms with E-state index in [1.165, 1.54) is 13.2 Å². The fourth-order valence-electron chi connectivity index (χ4n) is 2.91. The predicted molar refractivity (Wildman–Crippen MR) is 108 cm³/mol. The Bertz CT molecular complexity index is 816. The number of hydrogen-bond donors (Lipinski definition) is 3. The molecule has 0 saturated carbocycles. The van der Waals surface area contributed by atoms with Crippen LogP contribution in [0.5, 0.6) is 0 Å². The molecule has 11 nitrogen and oxygen atoms in total. The van der Waals surface area contributed by atoms with Crippen LogP contribution in [0.15, 0.2) is 10.6 Å². The van der Waals surface area contributed by atoms with Gasteiger partial charge in [0.1, 0.15) is 17.4 Å². The van der Waals surface area contributed by atoms with Gasteiger partial charge in [0.15, 0.2) is 11.5 Å². The van der Waals surface area contributed by atoms with Crippen LogP contribution in [-0.2, 0) is 23.9 Å². The summed E-state index contributed by atoms with van der Waals surface area (Å²) in [5, 5.41) is 11.2. The van der Waals surface area contributed by atoms with Crippen LogP contribution < -0.4 is 16.0 Å². The van der Waals surface area contributed by atoms with Crippen molar-refractivity contribution in [3.8, 4) is 0 Å². The van der Waals surface area contributed by atoms with Gasteiger partial charge in [0.25, 0.3) is 5.91 Å². The second-order valence-corrected chi connectivity index (χ2v) is 8.16. The van der Waals surface area contributed by atoms with E-state index in [0.717, 1.165) is 0 Å². The van der Waals surface area contributed by atoms with Crippen LogP contribution in [-0.4, -0.2) is 73.2 Å². The number of hydrogen-bond acceptors (Lipinski definition) is 8. The molecule has 1 fully saturated rings. The van der Waals surface area contributed by atoms with Gasteiger partial charge in [-0.15, -0.1) is 0 Å². The molecule has 0 aliphatic carbocycles. The Balaban J connectivity index is 1.90. The maximum atomic E-state index is 12.6. The molecule has 0 spiro atoms. The number of carbonyl (C=O) groups is 4. The second kappa shape index (κ2) is 10.5. The minimum atomic E-state index is -1.05. The smallest absolute Gasteiger partial charge is 0.274 e. The van der Waals surface area contributed by atoms with Gasteiger partial charge in [0.2, 0.25) is 11.8 Å². The van der Waals surface area contributed by atoms with Gasteiger partial charge in [0.05, 0.1) is 25.8 Å². The number of aromatic nitrogens is 1. The Morgan fingerprint density at radius 2 is 1.90 bits per heavy atom. The Labute approximate surface area is 180 Å². The number of amides is 3. The van der Waals surface area contributed by atoms with Crippen molar-refractivity contribution in [2.75, 3.05) is 26.9 Å². The van der Waals surface area contributed by atoms with Crippen LogP contribution in [0.1, 0.15) is 43.4 Å². The van der Waals surface area contributed by atoms with Crippen molar-refractivity contribution in [1.29, 1.82) is 0 Å². The Hall–Kier alpha value is -2.79. The summed E-state index contributed by atoms with van der Waals surface area (Å²) in [5.74, 6) is -1.31. The molecule has 11 heteroatoms. The molecule has 0 bridgehead atoms. The van der Waals surface area contributed by atoms with Gasteiger partial charge in [-0.25, -0.2) is 0 Å². The molecule has 0 aromatic carbocycles. The van der Waals surface area contributed by atoms with Crippen LogP contribution in [0.3, 0.4) is 0 Å². The molecule has 2 rings (SSSR count). The standard InChI is InChI=1S/C20H30N4O7/c1-11(2)6-13(17(26)20(4)10-30-20)22-16(25)8-21-18(27)15(9-29-5)23-19(28)14-7-12(3)31-24-14/h7,11,13,15H,6,8-10H2,1-5H3,(H,21,27)(H,22,25)(H,23,28)/t13?,15-,20+/m0/s1. The van der Waals surface area contributed by atoms with Crippen molar-refractivity contribution in [1.82, 2.24) is 21.1 Å². The van der Waals surface area contributed by atoms with Crippen molar-refractivity contribution in [2.45, 2.75) is 51.8 Å². The van der Waals surface area contributed by atoms with E-state index in [1.54, 1.807) is 13.8 Å². The maximum absolute atomic E-state index is 12.6. The molecule has 3 atom stereocenters. The van der Waals surface area contributed by atoms with Crippen LogP contribution in [0.4, 0.5) is 0 Å². The third-order valence-corrected chi connectivity index (χ3v) is 4.70. The van der Waals surface area contributed by atoms with Gasteiger partial charge in [-0.1, -0.05) is 19.0 Å². The normalized spacial score (nSPS) is 19.4. The lowest BCUT2D eigenvalue weighted by atomic mass is 9.93. The molecular weight excluding hydrogens is 408 g/mol.